The minimum absolute atomic E-state index is 0.195. The molecule has 3 aromatic rings. The van der Waals surface area contributed by atoms with Crippen LogP contribution in [0.1, 0.15) is 0 Å². The van der Waals surface area contributed by atoms with Crippen LogP contribution in [0.15, 0.2) is 45.9 Å². The number of fused-ring (bicyclic) bond motifs is 2. The van der Waals surface area contributed by atoms with Crippen molar-refractivity contribution in [2.45, 2.75) is 6.54 Å². The average molecular weight is 451 g/mol. The van der Waals surface area contributed by atoms with Crippen LogP contribution in [0.3, 0.4) is 0 Å². The topological polar surface area (TPSA) is 82.5 Å². The maximum atomic E-state index is 12.6. The number of benzene rings is 2. The molecule has 1 aliphatic heterocycles. The van der Waals surface area contributed by atoms with Crippen LogP contribution in [0.5, 0.6) is 11.5 Å². The molecule has 1 amide bonds. The van der Waals surface area contributed by atoms with Crippen LogP contribution in [-0.4, -0.2) is 28.7 Å². The molecular formula is C18H13BrClN3O4. The molecule has 138 valence electrons. The number of hydrogen-bond acceptors (Lipinski definition) is 5. The summed E-state index contributed by atoms with van der Waals surface area (Å²) >= 11 is 9.53. The summed E-state index contributed by atoms with van der Waals surface area (Å²) in [6.07, 6.45) is 1.35. The van der Waals surface area contributed by atoms with Gasteiger partial charge in [-0.2, -0.15) is 0 Å². The summed E-state index contributed by atoms with van der Waals surface area (Å²) in [5.41, 5.74) is 0.648. The molecule has 0 fully saturated rings. The van der Waals surface area contributed by atoms with Gasteiger partial charge in [-0.1, -0.05) is 27.5 Å². The lowest BCUT2D eigenvalue weighted by Crippen LogP contribution is -2.28. The highest BCUT2D eigenvalue weighted by atomic mass is 79.9. The smallest absolute Gasteiger partial charge is 0.261 e. The van der Waals surface area contributed by atoms with Crippen molar-refractivity contribution in [1.82, 2.24) is 9.55 Å². The highest BCUT2D eigenvalue weighted by Crippen LogP contribution is 2.37. The second-order valence-corrected chi connectivity index (χ2v) is 7.19. The number of halogens is 2. The molecule has 0 aliphatic carbocycles. The van der Waals surface area contributed by atoms with Gasteiger partial charge in [0.05, 0.1) is 27.9 Å². The number of nitrogens with one attached hydrogen (secondary N) is 1. The van der Waals surface area contributed by atoms with E-state index in [9.17, 15) is 9.59 Å². The van der Waals surface area contributed by atoms with Gasteiger partial charge in [-0.15, -0.1) is 0 Å². The lowest BCUT2D eigenvalue weighted by Gasteiger charge is -2.20. The lowest BCUT2D eigenvalue weighted by atomic mass is 10.2. The Morgan fingerprint density at radius 2 is 1.96 bits per heavy atom. The molecular weight excluding hydrogens is 438 g/mol. The molecule has 2 aromatic carbocycles. The van der Waals surface area contributed by atoms with Gasteiger partial charge >= 0.3 is 0 Å². The van der Waals surface area contributed by atoms with Crippen molar-refractivity contribution < 1.29 is 14.3 Å². The first-order valence-corrected chi connectivity index (χ1v) is 9.22. The summed E-state index contributed by atoms with van der Waals surface area (Å²) < 4.78 is 12.9. The Morgan fingerprint density at radius 3 is 2.74 bits per heavy atom. The standard InChI is InChI=1S/C18H13BrClN3O4/c19-10-1-2-13-11(5-10)18(25)23(9-21-13)8-17(24)22-14-7-16-15(6-12(14)20)26-3-4-27-16/h1-2,5-7,9H,3-4,8H2,(H,22,24). The van der Waals surface area contributed by atoms with E-state index < -0.39 is 5.91 Å². The Hall–Kier alpha value is -2.58. The molecule has 1 aromatic heterocycles. The molecule has 27 heavy (non-hydrogen) atoms. The molecule has 9 heteroatoms. The number of carbonyl (C=O) groups excluding carboxylic acids is 1. The number of anilines is 1. The molecule has 0 saturated carbocycles. The summed E-state index contributed by atoms with van der Waals surface area (Å²) in [5, 5.41) is 3.44. The highest BCUT2D eigenvalue weighted by molar-refractivity contribution is 9.10. The second-order valence-electron chi connectivity index (χ2n) is 5.86. The summed E-state index contributed by atoms with van der Waals surface area (Å²) in [6.45, 7) is 0.678. The van der Waals surface area contributed by atoms with Crippen LogP contribution in [0, 0.1) is 0 Å². The van der Waals surface area contributed by atoms with Gasteiger partial charge in [0, 0.05) is 16.6 Å². The number of carbonyl (C=O) groups is 1. The van der Waals surface area contributed by atoms with E-state index in [1.807, 2.05) is 0 Å². The lowest BCUT2D eigenvalue weighted by molar-refractivity contribution is -0.116. The van der Waals surface area contributed by atoms with E-state index >= 15 is 0 Å². The Labute approximate surface area is 167 Å². The third-order valence-corrected chi connectivity index (χ3v) is 4.81. The number of hydrogen-bond donors (Lipinski definition) is 1. The maximum absolute atomic E-state index is 12.6. The third-order valence-electron chi connectivity index (χ3n) is 4.01. The average Bonchev–Trinajstić information content (AvgIpc) is 2.65. The minimum atomic E-state index is -0.410. The maximum Gasteiger partial charge on any atom is 0.261 e. The van der Waals surface area contributed by atoms with E-state index in [1.165, 1.54) is 10.9 Å². The molecule has 4 rings (SSSR count). The molecule has 0 unspecified atom stereocenters. The number of nitrogens with zero attached hydrogens (tertiary/aromatic N) is 2. The Kier molecular flexibility index (Phi) is 4.75. The first kappa shape index (κ1) is 17.8. The van der Waals surface area contributed by atoms with Gasteiger partial charge in [0.15, 0.2) is 11.5 Å². The molecule has 0 bridgehead atoms. The zero-order valence-corrected chi connectivity index (χ0v) is 16.2. The van der Waals surface area contributed by atoms with Crippen molar-refractivity contribution in [1.29, 1.82) is 0 Å². The number of rotatable bonds is 3. The van der Waals surface area contributed by atoms with E-state index in [-0.39, 0.29) is 12.1 Å². The molecule has 0 radical (unpaired) electrons. The fourth-order valence-electron chi connectivity index (χ4n) is 2.75. The van der Waals surface area contributed by atoms with Crippen LogP contribution in [0.4, 0.5) is 5.69 Å². The zero-order chi connectivity index (χ0) is 19.0. The van der Waals surface area contributed by atoms with Gasteiger partial charge in [0.2, 0.25) is 5.91 Å². The zero-order valence-electron chi connectivity index (χ0n) is 13.9. The van der Waals surface area contributed by atoms with Crippen LogP contribution < -0.4 is 20.3 Å². The quantitative estimate of drug-likeness (QED) is 0.662. The number of amides is 1. The normalized spacial score (nSPS) is 12.8. The molecule has 0 atom stereocenters. The predicted molar refractivity (Wildman–Crippen MR) is 105 cm³/mol. The summed E-state index contributed by atoms with van der Waals surface area (Å²) in [7, 11) is 0. The summed E-state index contributed by atoms with van der Waals surface area (Å²) in [6, 6.07) is 8.41. The first-order chi connectivity index (χ1) is 13.0. The first-order valence-electron chi connectivity index (χ1n) is 8.05. The van der Waals surface area contributed by atoms with Crippen LogP contribution in [-0.2, 0) is 11.3 Å². The summed E-state index contributed by atoms with van der Waals surface area (Å²) in [5.74, 6) is 0.631. The molecule has 1 aliphatic rings. The number of ether oxygens (including phenoxy) is 2. The largest absolute Gasteiger partial charge is 0.486 e. The molecule has 7 nitrogen and oxygen atoms in total. The summed E-state index contributed by atoms with van der Waals surface area (Å²) in [4.78, 5) is 29.2. The van der Waals surface area contributed by atoms with E-state index in [4.69, 9.17) is 21.1 Å². The van der Waals surface area contributed by atoms with Crippen molar-refractivity contribution in [2.75, 3.05) is 18.5 Å². The van der Waals surface area contributed by atoms with Gasteiger partial charge in [-0.05, 0) is 18.2 Å². The fourth-order valence-corrected chi connectivity index (χ4v) is 3.31. The van der Waals surface area contributed by atoms with Gasteiger partial charge in [0.1, 0.15) is 19.8 Å². The van der Waals surface area contributed by atoms with E-state index in [2.05, 4.69) is 26.2 Å². The van der Waals surface area contributed by atoms with Gasteiger partial charge in [-0.25, -0.2) is 4.98 Å². The number of aromatic nitrogens is 2. The van der Waals surface area contributed by atoms with E-state index in [0.29, 0.717) is 46.3 Å². The Morgan fingerprint density at radius 1 is 1.22 bits per heavy atom. The van der Waals surface area contributed by atoms with Crippen LogP contribution >= 0.6 is 27.5 Å². The van der Waals surface area contributed by atoms with Crippen molar-refractivity contribution >= 4 is 50.0 Å². The van der Waals surface area contributed by atoms with Gasteiger partial charge < -0.3 is 14.8 Å². The fraction of sp³-hybridized carbons (Fsp3) is 0.167. The van der Waals surface area contributed by atoms with E-state index in [1.54, 1.807) is 30.3 Å². The van der Waals surface area contributed by atoms with Crippen LogP contribution in [0.25, 0.3) is 10.9 Å². The van der Waals surface area contributed by atoms with Gasteiger partial charge in [-0.3, -0.25) is 14.2 Å². The Bertz CT molecular complexity index is 1120. The molecule has 1 N–H and O–H groups in total. The molecule has 2 heterocycles. The second kappa shape index (κ2) is 7.21. The monoisotopic (exact) mass is 449 g/mol. The van der Waals surface area contributed by atoms with Crippen molar-refractivity contribution in [3.63, 3.8) is 0 Å². The van der Waals surface area contributed by atoms with E-state index in [0.717, 1.165) is 4.47 Å². The minimum Gasteiger partial charge on any atom is -0.486 e. The Balaban J connectivity index is 1.57. The van der Waals surface area contributed by atoms with Crippen molar-refractivity contribution in [3.05, 3.63) is 56.5 Å². The third kappa shape index (κ3) is 3.63. The SMILES string of the molecule is O=C(Cn1cnc2ccc(Br)cc2c1=O)Nc1cc2c(cc1Cl)OCCO2. The predicted octanol–water partition coefficient (Wildman–Crippen LogP) is 3.22. The highest BCUT2D eigenvalue weighted by Gasteiger charge is 2.17. The molecule has 0 saturated heterocycles. The van der Waals surface area contributed by atoms with Gasteiger partial charge in [0.25, 0.3) is 5.56 Å². The molecule has 0 spiro atoms. The van der Waals surface area contributed by atoms with Crippen molar-refractivity contribution in [2.24, 2.45) is 0 Å². The van der Waals surface area contributed by atoms with Crippen LogP contribution in [0.2, 0.25) is 5.02 Å². The van der Waals surface area contributed by atoms with Crippen molar-refractivity contribution in [3.8, 4) is 11.5 Å².